The highest BCUT2D eigenvalue weighted by Crippen LogP contribution is 2.15. The van der Waals surface area contributed by atoms with Crippen LogP contribution in [0.1, 0.15) is 18.8 Å². The largest absolute Gasteiger partial charge is 0.320 e. The smallest absolute Gasteiger partial charge is 0.169 e. The van der Waals surface area contributed by atoms with E-state index in [-0.39, 0.29) is 0 Å². The normalized spacial score (nSPS) is 16.6. The second-order valence-corrected chi connectivity index (χ2v) is 5.62. The molecule has 0 saturated carbocycles. The first-order valence-electron chi connectivity index (χ1n) is 4.00. The molecule has 0 radical (unpaired) electrons. The third-order valence-corrected chi connectivity index (χ3v) is 3.78. The Kier molecular flexibility index (Phi) is 2.86. The van der Waals surface area contributed by atoms with Crippen molar-refractivity contribution in [2.75, 3.05) is 6.26 Å². The minimum Gasteiger partial charge on any atom is -0.320 e. The lowest BCUT2D eigenvalue weighted by Gasteiger charge is -2.15. The SMILES string of the molecule is CC(C(N)c1nnnn1C)S(C)(=O)=O. The Balaban J connectivity index is 2.97. The Morgan fingerprint density at radius 2 is 2.07 bits per heavy atom. The molecule has 0 aromatic carbocycles. The van der Waals surface area contributed by atoms with Crippen molar-refractivity contribution in [2.24, 2.45) is 12.8 Å². The van der Waals surface area contributed by atoms with Gasteiger partial charge >= 0.3 is 0 Å². The number of hydrogen-bond donors (Lipinski definition) is 1. The maximum atomic E-state index is 11.2. The van der Waals surface area contributed by atoms with E-state index in [0.29, 0.717) is 5.82 Å². The minimum atomic E-state index is -3.18. The van der Waals surface area contributed by atoms with E-state index in [9.17, 15) is 8.42 Å². The lowest BCUT2D eigenvalue weighted by Crippen LogP contribution is -2.32. The van der Waals surface area contributed by atoms with E-state index in [1.54, 1.807) is 7.05 Å². The van der Waals surface area contributed by atoms with Crippen LogP contribution in [0.2, 0.25) is 0 Å². The summed E-state index contributed by atoms with van der Waals surface area (Å²) in [6.45, 7) is 1.54. The quantitative estimate of drug-likeness (QED) is 0.673. The molecule has 0 spiro atoms. The predicted molar refractivity (Wildman–Crippen MR) is 50.0 cm³/mol. The Labute approximate surface area is 82.2 Å². The average Bonchev–Trinajstić information content (AvgIpc) is 2.47. The van der Waals surface area contributed by atoms with Crippen molar-refractivity contribution in [3.8, 4) is 0 Å². The van der Waals surface area contributed by atoms with E-state index in [1.807, 2.05) is 0 Å². The summed E-state index contributed by atoms with van der Waals surface area (Å²) in [4.78, 5) is 0. The maximum absolute atomic E-state index is 11.2. The third-order valence-electron chi connectivity index (χ3n) is 2.13. The molecule has 0 aliphatic carbocycles. The molecule has 14 heavy (non-hydrogen) atoms. The molecule has 1 heterocycles. The number of aromatic nitrogens is 4. The van der Waals surface area contributed by atoms with E-state index >= 15 is 0 Å². The number of sulfone groups is 1. The topological polar surface area (TPSA) is 104 Å². The van der Waals surface area contributed by atoms with E-state index in [2.05, 4.69) is 15.5 Å². The molecule has 8 heteroatoms. The van der Waals surface area contributed by atoms with Crippen LogP contribution in [0.15, 0.2) is 0 Å². The molecule has 0 amide bonds. The molecule has 1 rings (SSSR count). The van der Waals surface area contributed by atoms with Crippen LogP contribution in [0.5, 0.6) is 0 Å². The molecule has 1 aromatic heterocycles. The molecule has 0 bridgehead atoms. The van der Waals surface area contributed by atoms with Crippen molar-refractivity contribution in [1.29, 1.82) is 0 Å². The van der Waals surface area contributed by atoms with Gasteiger partial charge in [0.2, 0.25) is 0 Å². The van der Waals surface area contributed by atoms with Crippen molar-refractivity contribution in [2.45, 2.75) is 18.2 Å². The fourth-order valence-electron chi connectivity index (χ4n) is 0.995. The van der Waals surface area contributed by atoms with Gasteiger partial charge in [-0.1, -0.05) is 0 Å². The molecule has 1 aromatic rings. The minimum absolute atomic E-state index is 0.364. The van der Waals surface area contributed by atoms with E-state index in [0.717, 1.165) is 6.26 Å². The van der Waals surface area contributed by atoms with Gasteiger partial charge in [0.05, 0.1) is 11.3 Å². The van der Waals surface area contributed by atoms with Gasteiger partial charge in [-0.2, -0.15) is 0 Å². The number of aryl methyl sites for hydroxylation is 1. The van der Waals surface area contributed by atoms with E-state index in [1.165, 1.54) is 11.6 Å². The van der Waals surface area contributed by atoms with Crippen LogP contribution in [0, 0.1) is 0 Å². The van der Waals surface area contributed by atoms with Gasteiger partial charge in [0.15, 0.2) is 15.7 Å². The number of hydrogen-bond acceptors (Lipinski definition) is 6. The van der Waals surface area contributed by atoms with Gasteiger partial charge in [0.25, 0.3) is 0 Å². The van der Waals surface area contributed by atoms with Crippen LogP contribution < -0.4 is 5.73 Å². The van der Waals surface area contributed by atoms with Crippen LogP contribution in [0.25, 0.3) is 0 Å². The lowest BCUT2D eigenvalue weighted by molar-refractivity contribution is 0.547. The standard InChI is InChI=1S/C6H13N5O2S/c1-4(14(3,12)13)5(7)6-8-9-10-11(6)2/h4-5H,7H2,1-3H3. The summed E-state index contributed by atoms with van der Waals surface area (Å²) >= 11 is 0. The van der Waals surface area contributed by atoms with Crippen LogP contribution in [0.3, 0.4) is 0 Å². The highest BCUT2D eigenvalue weighted by molar-refractivity contribution is 7.91. The molecule has 2 atom stereocenters. The number of nitrogens with two attached hydrogens (primary N) is 1. The van der Waals surface area contributed by atoms with Crippen molar-refractivity contribution in [1.82, 2.24) is 20.2 Å². The van der Waals surface area contributed by atoms with Crippen LogP contribution in [-0.2, 0) is 16.9 Å². The summed E-state index contributed by atoms with van der Waals surface area (Å²) < 4.78 is 23.8. The van der Waals surface area contributed by atoms with Gasteiger partial charge in [0.1, 0.15) is 0 Å². The van der Waals surface area contributed by atoms with Crippen molar-refractivity contribution in [3.05, 3.63) is 5.82 Å². The van der Waals surface area contributed by atoms with Gasteiger partial charge < -0.3 is 5.73 Å². The average molecular weight is 219 g/mol. The second-order valence-electron chi connectivity index (χ2n) is 3.22. The summed E-state index contributed by atoms with van der Waals surface area (Å²) in [5.41, 5.74) is 5.73. The fraction of sp³-hybridized carbons (Fsp3) is 0.833. The van der Waals surface area contributed by atoms with Gasteiger partial charge in [-0.05, 0) is 17.4 Å². The first kappa shape index (κ1) is 11.1. The van der Waals surface area contributed by atoms with Gasteiger partial charge in [-0.3, -0.25) is 0 Å². The number of rotatable bonds is 3. The molecular formula is C6H13N5O2S. The third kappa shape index (κ3) is 2.07. The zero-order chi connectivity index (χ0) is 10.9. The molecular weight excluding hydrogens is 206 g/mol. The highest BCUT2D eigenvalue weighted by Gasteiger charge is 2.27. The number of nitrogens with zero attached hydrogens (tertiary/aromatic N) is 4. The van der Waals surface area contributed by atoms with Crippen LogP contribution >= 0.6 is 0 Å². The van der Waals surface area contributed by atoms with Crippen molar-refractivity contribution >= 4 is 9.84 Å². The maximum Gasteiger partial charge on any atom is 0.169 e. The van der Waals surface area contributed by atoms with E-state index < -0.39 is 21.1 Å². The monoisotopic (exact) mass is 219 g/mol. The molecule has 80 valence electrons. The first-order chi connectivity index (χ1) is 6.34. The summed E-state index contributed by atoms with van der Waals surface area (Å²) in [5, 5.41) is 9.94. The van der Waals surface area contributed by atoms with Gasteiger partial charge in [-0.15, -0.1) is 5.10 Å². The zero-order valence-electron chi connectivity index (χ0n) is 8.25. The lowest BCUT2D eigenvalue weighted by atomic mass is 10.2. The molecule has 2 N–H and O–H groups in total. The summed E-state index contributed by atoms with van der Waals surface area (Å²) in [7, 11) is -1.56. The Morgan fingerprint density at radius 1 is 1.50 bits per heavy atom. The van der Waals surface area contributed by atoms with Crippen molar-refractivity contribution < 1.29 is 8.42 Å². The molecule has 0 fully saturated rings. The van der Waals surface area contributed by atoms with Crippen LogP contribution in [0.4, 0.5) is 0 Å². The molecule has 2 unspecified atom stereocenters. The Morgan fingerprint density at radius 3 is 2.43 bits per heavy atom. The van der Waals surface area contributed by atoms with Crippen LogP contribution in [-0.4, -0.2) is 40.1 Å². The first-order valence-corrected chi connectivity index (χ1v) is 5.96. The predicted octanol–water partition coefficient (Wildman–Crippen LogP) is -1.36. The Hall–Kier alpha value is -1.02. The number of tetrazole rings is 1. The van der Waals surface area contributed by atoms with E-state index in [4.69, 9.17) is 5.73 Å². The molecule has 0 aliphatic heterocycles. The van der Waals surface area contributed by atoms with Gasteiger partial charge in [-0.25, -0.2) is 13.1 Å². The Bertz CT molecular complexity index is 412. The molecule has 7 nitrogen and oxygen atoms in total. The van der Waals surface area contributed by atoms with Crippen molar-refractivity contribution in [3.63, 3.8) is 0 Å². The molecule has 0 saturated heterocycles. The summed E-state index contributed by atoms with van der Waals surface area (Å²) in [6.07, 6.45) is 1.14. The zero-order valence-corrected chi connectivity index (χ0v) is 9.06. The summed E-state index contributed by atoms with van der Waals surface area (Å²) in [5.74, 6) is 0.364. The van der Waals surface area contributed by atoms with Gasteiger partial charge in [0, 0.05) is 13.3 Å². The molecule has 0 aliphatic rings. The highest BCUT2D eigenvalue weighted by atomic mass is 32.2. The summed E-state index contributed by atoms with van der Waals surface area (Å²) in [6, 6.07) is -0.704. The second kappa shape index (κ2) is 3.62. The fourth-order valence-corrected chi connectivity index (χ4v) is 1.65.